The third-order valence-corrected chi connectivity index (χ3v) is 5.74. The van der Waals surface area contributed by atoms with Crippen molar-refractivity contribution in [3.05, 3.63) is 72.6 Å². The fourth-order valence-electron chi connectivity index (χ4n) is 3.89. The monoisotopic (exact) mass is 462 g/mol. The normalized spacial score (nSPS) is 11.0. The van der Waals surface area contributed by atoms with Crippen molar-refractivity contribution in [3.8, 4) is 11.3 Å². The van der Waals surface area contributed by atoms with E-state index in [-0.39, 0.29) is 30.6 Å². The molecule has 4 aromatic rings. The number of fused-ring (bicyclic) bond motifs is 1. The van der Waals surface area contributed by atoms with E-state index in [4.69, 9.17) is 4.42 Å². The van der Waals surface area contributed by atoms with Crippen LogP contribution >= 0.6 is 0 Å². The summed E-state index contributed by atoms with van der Waals surface area (Å²) in [5.74, 6) is 0.219. The molecule has 7 nitrogen and oxygen atoms in total. The number of hydrogen-bond acceptors (Lipinski definition) is 4. The molecule has 0 saturated carbocycles. The average Bonchev–Trinajstić information content (AvgIpc) is 3.46. The van der Waals surface area contributed by atoms with Crippen molar-refractivity contribution in [1.82, 2.24) is 14.5 Å². The van der Waals surface area contributed by atoms with Crippen molar-refractivity contribution in [1.29, 1.82) is 0 Å². The Bertz CT molecular complexity index is 1310. The lowest BCUT2D eigenvalue weighted by Crippen LogP contribution is -2.33. The maximum atomic E-state index is 13.9. The predicted molar refractivity (Wildman–Crippen MR) is 129 cm³/mol. The summed E-state index contributed by atoms with van der Waals surface area (Å²) in [5, 5.41) is 3.82. The van der Waals surface area contributed by atoms with E-state index in [1.807, 2.05) is 48.9 Å². The second-order valence-corrected chi connectivity index (χ2v) is 7.93. The lowest BCUT2D eigenvalue weighted by molar-refractivity contribution is -0.131. The van der Waals surface area contributed by atoms with E-state index in [9.17, 15) is 14.0 Å². The lowest BCUT2D eigenvalue weighted by Gasteiger charge is -2.19. The molecule has 2 amide bonds. The van der Waals surface area contributed by atoms with Gasteiger partial charge in [0.25, 0.3) is 0 Å². The van der Waals surface area contributed by atoms with Gasteiger partial charge in [-0.2, -0.15) is 0 Å². The largest absolute Gasteiger partial charge is 0.441 e. The number of aromatic nitrogens is 2. The number of aryl methyl sites for hydroxylation is 1. The summed E-state index contributed by atoms with van der Waals surface area (Å²) in [7, 11) is 0. The molecule has 0 fully saturated rings. The zero-order valence-corrected chi connectivity index (χ0v) is 19.3. The third kappa shape index (κ3) is 5.17. The minimum atomic E-state index is -0.385. The van der Waals surface area contributed by atoms with Crippen LogP contribution in [-0.4, -0.2) is 39.4 Å². The van der Waals surface area contributed by atoms with Crippen molar-refractivity contribution in [2.75, 3.05) is 18.4 Å². The first-order chi connectivity index (χ1) is 16.5. The molecule has 0 atom stereocenters. The van der Waals surface area contributed by atoms with E-state index in [0.717, 1.165) is 10.9 Å². The molecule has 0 unspecified atom stereocenters. The number of hydrogen-bond donors (Lipinski definition) is 1. The summed E-state index contributed by atoms with van der Waals surface area (Å²) in [6.07, 6.45) is 3.82. The van der Waals surface area contributed by atoms with E-state index in [0.29, 0.717) is 42.4 Å². The Morgan fingerprint density at radius 2 is 1.91 bits per heavy atom. The number of benzene rings is 2. The molecule has 0 aliphatic rings. The molecule has 0 aliphatic carbocycles. The first-order valence-electron chi connectivity index (χ1n) is 11.3. The second-order valence-electron chi connectivity index (χ2n) is 7.93. The molecule has 0 radical (unpaired) electrons. The van der Waals surface area contributed by atoms with Crippen molar-refractivity contribution in [3.63, 3.8) is 0 Å². The highest BCUT2D eigenvalue weighted by molar-refractivity contribution is 5.94. The van der Waals surface area contributed by atoms with Crippen molar-refractivity contribution >= 4 is 28.4 Å². The van der Waals surface area contributed by atoms with Crippen molar-refractivity contribution in [2.45, 2.75) is 33.2 Å². The van der Waals surface area contributed by atoms with Gasteiger partial charge in [-0.15, -0.1) is 0 Å². The van der Waals surface area contributed by atoms with E-state index in [2.05, 4.69) is 10.3 Å². The van der Waals surface area contributed by atoms with E-state index < -0.39 is 0 Å². The zero-order valence-electron chi connectivity index (χ0n) is 19.3. The number of oxazole rings is 1. The van der Waals surface area contributed by atoms with Crippen LogP contribution in [0.2, 0.25) is 0 Å². The number of carbonyl (C=O) groups is 2. The third-order valence-electron chi connectivity index (χ3n) is 5.74. The van der Waals surface area contributed by atoms with Crippen LogP contribution in [0, 0.1) is 5.82 Å². The standard InChI is InChI=1S/C26H27FN4O3/c1-3-30(4-2)26(33)17-31-14-13-18-15-19(9-10-22(18)31)29-24(32)11-12-25-28-16-23(34-25)20-7-5-6-8-21(20)27/h5-10,13-16H,3-4,11-12,17H2,1-2H3,(H,29,32). The Hall–Kier alpha value is -3.94. The summed E-state index contributed by atoms with van der Waals surface area (Å²) in [5.41, 5.74) is 1.94. The molecule has 0 bridgehead atoms. The summed E-state index contributed by atoms with van der Waals surface area (Å²) < 4.78 is 21.4. The van der Waals surface area contributed by atoms with Crippen molar-refractivity contribution < 1.29 is 18.4 Å². The van der Waals surface area contributed by atoms with Gasteiger partial charge < -0.3 is 19.2 Å². The van der Waals surface area contributed by atoms with Crippen molar-refractivity contribution in [2.24, 2.45) is 0 Å². The van der Waals surface area contributed by atoms with Crippen LogP contribution < -0.4 is 5.32 Å². The molecule has 4 rings (SSSR count). The number of halogens is 1. The lowest BCUT2D eigenvalue weighted by atomic mass is 10.2. The first-order valence-corrected chi connectivity index (χ1v) is 11.3. The fourth-order valence-corrected chi connectivity index (χ4v) is 3.89. The van der Waals surface area contributed by atoms with Crippen LogP contribution in [-0.2, 0) is 22.6 Å². The van der Waals surface area contributed by atoms with Gasteiger partial charge in [-0.3, -0.25) is 9.59 Å². The Balaban J connectivity index is 1.35. The van der Waals surface area contributed by atoms with E-state index in [1.165, 1.54) is 12.3 Å². The Morgan fingerprint density at radius 1 is 1.12 bits per heavy atom. The van der Waals surface area contributed by atoms with Gasteiger partial charge in [-0.05, 0) is 50.2 Å². The maximum Gasteiger partial charge on any atom is 0.242 e. The number of nitrogens with zero attached hydrogens (tertiary/aromatic N) is 3. The van der Waals surface area contributed by atoms with Gasteiger partial charge in [0.2, 0.25) is 11.8 Å². The van der Waals surface area contributed by atoms with Crippen LogP contribution in [0.3, 0.4) is 0 Å². The minimum absolute atomic E-state index is 0.0737. The predicted octanol–water partition coefficient (Wildman–Crippen LogP) is 4.88. The Labute approximate surface area is 197 Å². The van der Waals surface area contributed by atoms with Gasteiger partial charge in [-0.25, -0.2) is 9.37 Å². The highest BCUT2D eigenvalue weighted by Gasteiger charge is 2.14. The molecule has 2 aromatic heterocycles. The number of amides is 2. The van der Waals surface area contributed by atoms with Gasteiger partial charge >= 0.3 is 0 Å². The molecule has 34 heavy (non-hydrogen) atoms. The molecule has 0 spiro atoms. The Morgan fingerprint density at radius 3 is 2.68 bits per heavy atom. The van der Waals surface area contributed by atoms with Crippen LogP contribution in [0.5, 0.6) is 0 Å². The summed E-state index contributed by atoms with van der Waals surface area (Å²) >= 11 is 0. The molecule has 8 heteroatoms. The molecular weight excluding hydrogens is 435 g/mol. The van der Waals surface area contributed by atoms with Crippen LogP contribution in [0.25, 0.3) is 22.2 Å². The second kappa shape index (κ2) is 10.3. The van der Waals surface area contributed by atoms with Gasteiger partial charge in [0, 0.05) is 48.7 Å². The van der Waals surface area contributed by atoms with Gasteiger partial charge in [0.1, 0.15) is 12.4 Å². The van der Waals surface area contributed by atoms with E-state index >= 15 is 0 Å². The molecule has 2 heterocycles. The summed E-state index contributed by atoms with van der Waals surface area (Å²) in [6.45, 7) is 5.58. The highest BCUT2D eigenvalue weighted by atomic mass is 19.1. The summed E-state index contributed by atoms with van der Waals surface area (Å²) in [4.78, 5) is 30.8. The fraction of sp³-hybridized carbons (Fsp3) is 0.269. The SMILES string of the molecule is CCN(CC)C(=O)Cn1ccc2cc(NC(=O)CCc3ncc(-c4ccccc4F)o3)ccc21. The molecule has 0 saturated heterocycles. The van der Waals surface area contributed by atoms with Crippen LogP contribution in [0.1, 0.15) is 26.2 Å². The van der Waals surface area contributed by atoms with Gasteiger partial charge in [-0.1, -0.05) is 12.1 Å². The van der Waals surface area contributed by atoms with Gasteiger partial charge in [0.05, 0.1) is 11.8 Å². The Kier molecular flexibility index (Phi) is 7.06. The molecule has 2 aromatic carbocycles. The topological polar surface area (TPSA) is 80.4 Å². The summed E-state index contributed by atoms with van der Waals surface area (Å²) in [6, 6.07) is 13.8. The van der Waals surface area contributed by atoms with Gasteiger partial charge in [0.15, 0.2) is 11.7 Å². The smallest absolute Gasteiger partial charge is 0.242 e. The molecule has 0 aliphatic heterocycles. The van der Waals surface area contributed by atoms with Crippen LogP contribution in [0.15, 0.2) is 65.3 Å². The van der Waals surface area contributed by atoms with Crippen LogP contribution in [0.4, 0.5) is 10.1 Å². The number of likely N-dealkylation sites (N-methyl/N-ethyl adjacent to an activating group) is 1. The molecular formula is C26H27FN4O3. The number of rotatable bonds is 9. The average molecular weight is 463 g/mol. The zero-order chi connectivity index (χ0) is 24.1. The minimum Gasteiger partial charge on any atom is -0.441 e. The number of nitrogens with one attached hydrogen (secondary N) is 1. The molecule has 176 valence electrons. The number of carbonyl (C=O) groups excluding carboxylic acids is 2. The maximum absolute atomic E-state index is 13.9. The highest BCUT2D eigenvalue weighted by Crippen LogP contribution is 2.24. The van der Waals surface area contributed by atoms with E-state index in [1.54, 1.807) is 23.1 Å². The first kappa shape index (κ1) is 23.2. The number of anilines is 1. The molecule has 1 N–H and O–H groups in total. The quantitative estimate of drug-likeness (QED) is 0.385.